The lowest BCUT2D eigenvalue weighted by Gasteiger charge is -2.12. The first-order chi connectivity index (χ1) is 7.65. The molecule has 0 aliphatic heterocycles. The number of hydrogen-bond donors (Lipinski definition) is 2. The second-order valence-corrected chi connectivity index (χ2v) is 3.79. The Morgan fingerprint density at radius 2 is 2.06 bits per heavy atom. The molecule has 86 valence electrons. The van der Waals surface area contributed by atoms with Crippen LogP contribution in [-0.2, 0) is 0 Å². The van der Waals surface area contributed by atoms with Gasteiger partial charge in [0.15, 0.2) is 5.75 Å². The Kier molecular flexibility index (Phi) is 3.31. The maximum atomic E-state index is 12.9. The van der Waals surface area contributed by atoms with E-state index < -0.39 is 13.1 Å². The molecule has 0 radical (unpaired) electrons. The number of halogens is 1. The van der Waals surface area contributed by atoms with Crippen LogP contribution in [0.25, 0.3) is 0 Å². The summed E-state index contributed by atoms with van der Waals surface area (Å²) in [5, 5.41) is 17.3. The normalized spacial score (nSPS) is 14.7. The van der Waals surface area contributed by atoms with Crippen molar-refractivity contribution >= 4 is 7.32 Å². The topological polar surface area (TPSA) is 58.9 Å². The lowest BCUT2D eigenvalue weighted by atomic mass is 10.2. The molecule has 0 saturated heterocycles. The SMILES string of the molecule is OB(O)Oc1cc(F)ccc1OCC1CC1. The molecule has 0 unspecified atom stereocenters. The van der Waals surface area contributed by atoms with E-state index in [2.05, 4.69) is 4.65 Å². The lowest BCUT2D eigenvalue weighted by molar-refractivity contribution is 0.260. The third-order valence-electron chi connectivity index (χ3n) is 2.31. The van der Waals surface area contributed by atoms with Crippen LogP contribution < -0.4 is 9.39 Å². The van der Waals surface area contributed by atoms with E-state index in [0.29, 0.717) is 18.3 Å². The molecule has 0 amide bonds. The maximum Gasteiger partial charge on any atom is 0.707 e. The molecule has 4 nitrogen and oxygen atoms in total. The summed E-state index contributed by atoms with van der Waals surface area (Å²) in [4.78, 5) is 0. The minimum absolute atomic E-state index is 0.00403. The summed E-state index contributed by atoms with van der Waals surface area (Å²) in [5.74, 6) is 0.350. The average Bonchev–Trinajstić information content (AvgIpc) is 2.99. The van der Waals surface area contributed by atoms with Gasteiger partial charge < -0.3 is 19.4 Å². The Labute approximate surface area is 92.8 Å². The monoisotopic (exact) mass is 226 g/mol. The zero-order valence-electron chi connectivity index (χ0n) is 8.60. The second-order valence-electron chi connectivity index (χ2n) is 3.79. The fourth-order valence-electron chi connectivity index (χ4n) is 1.30. The molecule has 1 aliphatic rings. The Morgan fingerprint density at radius 3 is 2.69 bits per heavy atom. The van der Waals surface area contributed by atoms with Crippen molar-refractivity contribution in [2.24, 2.45) is 5.92 Å². The van der Waals surface area contributed by atoms with Crippen LogP contribution in [0.3, 0.4) is 0 Å². The van der Waals surface area contributed by atoms with Gasteiger partial charge in [0.05, 0.1) is 6.61 Å². The van der Waals surface area contributed by atoms with Gasteiger partial charge in [0, 0.05) is 6.07 Å². The number of rotatable bonds is 5. The van der Waals surface area contributed by atoms with Gasteiger partial charge in [0.1, 0.15) is 11.6 Å². The molecule has 1 fully saturated rings. The van der Waals surface area contributed by atoms with Crippen LogP contribution in [0.4, 0.5) is 4.39 Å². The molecule has 0 spiro atoms. The van der Waals surface area contributed by atoms with E-state index in [4.69, 9.17) is 14.8 Å². The molecule has 1 aromatic rings. The van der Waals surface area contributed by atoms with Gasteiger partial charge in [-0.1, -0.05) is 0 Å². The van der Waals surface area contributed by atoms with Crippen molar-refractivity contribution in [3.63, 3.8) is 0 Å². The molecule has 1 aromatic carbocycles. The number of benzene rings is 1. The summed E-state index contributed by atoms with van der Waals surface area (Å²) in [6.45, 7) is 0.545. The highest BCUT2D eigenvalue weighted by atomic mass is 19.1. The summed E-state index contributed by atoms with van der Waals surface area (Å²) in [5.41, 5.74) is 0. The first-order valence-corrected chi connectivity index (χ1v) is 5.10. The zero-order valence-corrected chi connectivity index (χ0v) is 8.60. The molecule has 0 atom stereocenters. The van der Waals surface area contributed by atoms with Gasteiger partial charge in [-0.15, -0.1) is 0 Å². The minimum atomic E-state index is -1.98. The van der Waals surface area contributed by atoms with Gasteiger partial charge in [-0.25, -0.2) is 4.39 Å². The van der Waals surface area contributed by atoms with Crippen LogP contribution in [0.15, 0.2) is 18.2 Å². The Morgan fingerprint density at radius 1 is 1.31 bits per heavy atom. The zero-order chi connectivity index (χ0) is 11.5. The predicted molar refractivity (Wildman–Crippen MR) is 55.4 cm³/mol. The number of ether oxygens (including phenoxy) is 1. The van der Waals surface area contributed by atoms with E-state index in [1.807, 2.05) is 0 Å². The average molecular weight is 226 g/mol. The van der Waals surface area contributed by atoms with Gasteiger partial charge in [0.25, 0.3) is 0 Å². The highest BCUT2D eigenvalue weighted by Crippen LogP contribution is 2.33. The smallest absolute Gasteiger partial charge is 0.509 e. The highest BCUT2D eigenvalue weighted by molar-refractivity contribution is 6.33. The molecule has 0 heterocycles. The molecule has 2 rings (SSSR count). The van der Waals surface area contributed by atoms with Crippen LogP contribution in [-0.4, -0.2) is 24.0 Å². The summed E-state index contributed by atoms with van der Waals surface area (Å²) in [6.07, 6.45) is 2.28. The highest BCUT2D eigenvalue weighted by Gasteiger charge is 2.23. The van der Waals surface area contributed by atoms with Gasteiger partial charge in [-0.2, -0.15) is 0 Å². The van der Waals surface area contributed by atoms with Crippen molar-refractivity contribution in [2.45, 2.75) is 12.8 Å². The molecular weight excluding hydrogens is 214 g/mol. The van der Waals surface area contributed by atoms with E-state index in [1.54, 1.807) is 0 Å². The Hall–Kier alpha value is -1.27. The largest absolute Gasteiger partial charge is 0.707 e. The van der Waals surface area contributed by atoms with Crippen LogP contribution in [0.5, 0.6) is 11.5 Å². The minimum Gasteiger partial charge on any atom is -0.509 e. The van der Waals surface area contributed by atoms with Gasteiger partial charge in [-0.3, -0.25) is 0 Å². The van der Waals surface area contributed by atoms with E-state index in [1.165, 1.54) is 12.1 Å². The molecule has 0 aromatic heterocycles. The third kappa shape index (κ3) is 3.11. The lowest BCUT2D eigenvalue weighted by Crippen LogP contribution is -2.21. The summed E-state index contributed by atoms with van der Waals surface area (Å²) >= 11 is 0. The molecule has 6 heteroatoms. The van der Waals surface area contributed by atoms with Crippen molar-refractivity contribution in [3.8, 4) is 11.5 Å². The Balaban J connectivity index is 2.06. The van der Waals surface area contributed by atoms with Crippen LogP contribution in [0.2, 0.25) is 0 Å². The summed E-state index contributed by atoms with van der Waals surface area (Å²) in [6, 6.07) is 3.70. The molecular formula is C10H12BFO4. The molecule has 0 bridgehead atoms. The van der Waals surface area contributed by atoms with Gasteiger partial charge >= 0.3 is 7.32 Å². The third-order valence-corrected chi connectivity index (χ3v) is 2.31. The predicted octanol–water partition coefficient (Wildman–Crippen LogP) is 0.963. The van der Waals surface area contributed by atoms with Crippen LogP contribution in [0, 0.1) is 11.7 Å². The molecule has 1 aliphatic carbocycles. The van der Waals surface area contributed by atoms with Crippen molar-refractivity contribution in [2.75, 3.05) is 6.61 Å². The van der Waals surface area contributed by atoms with Crippen LogP contribution in [0.1, 0.15) is 12.8 Å². The van der Waals surface area contributed by atoms with Gasteiger partial charge in [-0.05, 0) is 30.9 Å². The number of hydrogen-bond acceptors (Lipinski definition) is 4. The van der Waals surface area contributed by atoms with E-state index >= 15 is 0 Å². The fraction of sp³-hybridized carbons (Fsp3) is 0.400. The van der Waals surface area contributed by atoms with E-state index in [9.17, 15) is 4.39 Å². The van der Waals surface area contributed by atoms with E-state index in [-0.39, 0.29) is 5.75 Å². The molecule has 16 heavy (non-hydrogen) atoms. The Bertz CT molecular complexity index is 368. The molecule has 2 N–H and O–H groups in total. The standard InChI is InChI=1S/C10H12BFO4/c12-8-3-4-9(15-6-7-1-2-7)10(5-8)16-11(13)14/h3-5,7,13-14H,1-2,6H2. The molecule has 1 saturated carbocycles. The first kappa shape index (κ1) is 11.2. The van der Waals surface area contributed by atoms with Gasteiger partial charge in [0.2, 0.25) is 0 Å². The summed E-state index contributed by atoms with van der Waals surface area (Å²) in [7, 11) is -1.98. The second kappa shape index (κ2) is 4.72. The fourth-order valence-corrected chi connectivity index (χ4v) is 1.30. The van der Waals surface area contributed by atoms with Crippen molar-refractivity contribution in [3.05, 3.63) is 24.0 Å². The first-order valence-electron chi connectivity index (χ1n) is 5.10. The van der Waals surface area contributed by atoms with Crippen LogP contribution >= 0.6 is 0 Å². The van der Waals surface area contributed by atoms with E-state index in [0.717, 1.165) is 18.9 Å². The quantitative estimate of drug-likeness (QED) is 0.734. The maximum absolute atomic E-state index is 12.9. The summed E-state index contributed by atoms with van der Waals surface area (Å²) < 4.78 is 22.9. The van der Waals surface area contributed by atoms with Crippen molar-refractivity contribution in [1.29, 1.82) is 0 Å². The van der Waals surface area contributed by atoms with Crippen molar-refractivity contribution < 1.29 is 23.8 Å². The van der Waals surface area contributed by atoms with Crippen molar-refractivity contribution in [1.82, 2.24) is 0 Å².